The van der Waals surface area contributed by atoms with Gasteiger partial charge in [0.25, 0.3) is 0 Å². The number of piperidine rings is 1. The number of nitrogens with one attached hydrogen (secondary N) is 1. The van der Waals surface area contributed by atoms with Crippen LogP contribution >= 0.6 is 12.4 Å². The molecule has 16 heavy (non-hydrogen) atoms. The highest BCUT2D eigenvalue weighted by molar-refractivity contribution is 7.91. The van der Waals surface area contributed by atoms with Crippen LogP contribution < -0.4 is 5.32 Å². The maximum Gasteiger partial charge on any atom is 0.227 e. The molecule has 0 amide bonds. The molecule has 0 spiro atoms. The molecule has 5 nitrogen and oxygen atoms in total. The summed E-state index contributed by atoms with van der Waals surface area (Å²) in [5, 5.41) is 3.07. The van der Waals surface area contributed by atoms with Crippen molar-refractivity contribution in [2.75, 3.05) is 13.1 Å². The number of hydrogen-bond donors (Lipinski definition) is 1. The predicted octanol–water partition coefficient (Wildman–Crippen LogP) is 0.368. The summed E-state index contributed by atoms with van der Waals surface area (Å²) in [6, 6.07) is 0. The monoisotopic (exact) mass is 265 g/mol. The Labute approximate surface area is 102 Å². The highest BCUT2D eigenvalue weighted by Crippen LogP contribution is 2.20. The van der Waals surface area contributed by atoms with E-state index in [2.05, 4.69) is 10.3 Å². The number of nitrogens with zero attached hydrogens (tertiary/aromatic N) is 2. The van der Waals surface area contributed by atoms with Crippen molar-refractivity contribution < 1.29 is 8.42 Å². The van der Waals surface area contributed by atoms with Gasteiger partial charge in [-0.15, -0.1) is 12.4 Å². The summed E-state index contributed by atoms with van der Waals surface area (Å²) in [5.74, 6) is 0. The number of sulfone groups is 1. The first-order chi connectivity index (χ1) is 7.12. The Morgan fingerprint density at radius 3 is 2.56 bits per heavy atom. The topological polar surface area (TPSA) is 64.0 Å². The minimum absolute atomic E-state index is 0. The summed E-state index contributed by atoms with van der Waals surface area (Å²) >= 11 is 0. The van der Waals surface area contributed by atoms with Crippen molar-refractivity contribution in [1.82, 2.24) is 14.9 Å². The van der Waals surface area contributed by atoms with Crippen LogP contribution in [0, 0.1) is 0 Å². The molecule has 92 valence electrons. The molecule has 1 aromatic rings. The molecule has 2 heterocycles. The fourth-order valence-corrected chi connectivity index (χ4v) is 3.71. The quantitative estimate of drug-likeness (QED) is 0.839. The minimum atomic E-state index is -3.24. The summed E-state index contributed by atoms with van der Waals surface area (Å²) in [7, 11) is -1.53. The molecule has 7 heteroatoms. The predicted molar refractivity (Wildman–Crippen MR) is 63.5 cm³/mol. The lowest BCUT2D eigenvalue weighted by molar-refractivity contribution is 0.490. The number of aromatic nitrogens is 2. The van der Waals surface area contributed by atoms with Gasteiger partial charge < -0.3 is 9.88 Å². The Hall–Kier alpha value is -0.590. The van der Waals surface area contributed by atoms with Gasteiger partial charge in [-0.1, -0.05) is 0 Å². The van der Waals surface area contributed by atoms with E-state index in [1.54, 1.807) is 17.8 Å². The summed E-state index contributed by atoms with van der Waals surface area (Å²) in [4.78, 5) is 3.92. The number of rotatable bonds is 2. The van der Waals surface area contributed by atoms with E-state index in [1.807, 2.05) is 0 Å². The first-order valence-corrected chi connectivity index (χ1v) is 6.59. The highest BCUT2D eigenvalue weighted by Gasteiger charge is 2.31. The summed E-state index contributed by atoms with van der Waals surface area (Å²) in [6.07, 6.45) is 4.53. The molecular weight excluding hydrogens is 250 g/mol. The summed E-state index contributed by atoms with van der Waals surface area (Å²) in [5.41, 5.74) is 0. The molecule has 0 aromatic carbocycles. The fourth-order valence-electron chi connectivity index (χ4n) is 1.88. The second-order valence-electron chi connectivity index (χ2n) is 3.82. The fraction of sp³-hybridized carbons (Fsp3) is 0.667. The zero-order valence-electron chi connectivity index (χ0n) is 9.09. The molecule has 0 aliphatic carbocycles. The molecule has 1 saturated heterocycles. The Balaban J connectivity index is 0.00000128. The molecule has 0 atom stereocenters. The maximum absolute atomic E-state index is 12.2. The third-order valence-corrected chi connectivity index (χ3v) is 5.01. The van der Waals surface area contributed by atoms with Gasteiger partial charge in [0.1, 0.15) is 0 Å². The van der Waals surface area contributed by atoms with Gasteiger partial charge >= 0.3 is 0 Å². The van der Waals surface area contributed by atoms with Gasteiger partial charge in [0.15, 0.2) is 0 Å². The third kappa shape index (κ3) is 2.39. The van der Waals surface area contributed by atoms with E-state index < -0.39 is 9.84 Å². The van der Waals surface area contributed by atoms with Crippen molar-refractivity contribution in [3.8, 4) is 0 Å². The Bertz CT molecular complexity index is 437. The van der Waals surface area contributed by atoms with Gasteiger partial charge in [-0.25, -0.2) is 13.4 Å². The first-order valence-electron chi connectivity index (χ1n) is 5.04. The van der Waals surface area contributed by atoms with Crippen molar-refractivity contribution >= 4 is 22.2 Å². The van der Waals surface area contributed by atoms with Crippen LogP contribution in [0.25, 0.3) is 0 Å². The second kappa shape index (κ2) is 5.16. The van der Waals surface area contributed by atoms with Crippen molar-refractivity contribution in [2.45, 2.75) is 23.2 Å². The number of halogens is 1. The van der Waals surface area contributed by atoms with Crippen molar-refractivity contribution in [1.29, 1.82) is 0 Å². The van der Waals surface area contributed by atoms with Gasteiger partial charge in [0, 0.05) is 19.4 Å². The number of imidazole rings is 1. The summed E-state index contributed by atoms with van der Waals surface area (Å²) in [6.45, 7) is 1.54. The smallest absolute Gasteiger partial charge is 0.227 e. The zero-order chi connectivity index (χ0) is 10.9. The average molecular weight is 266 g/mol. The first kappa shape index (κ1) is 13.5. The van der Waals surface area contributed by atoms with Crippen LogP contribution in [0.15, 0.2) is 17.6 Å². The maximum atomic E-state index is 12.2. The van der Waals surface area contributed by atoms with Gasteiger partial charge in [0.05, 0.1) is 5.25 Å². The van der Waals surface area contributed by atoms with Crippen molar-refractivity contribution in [3.05, 3.63) is 12.4 Å². The van der Waals surface area contributed by atoms with Crippen LogP contribution in [0.3, 0.4) is 0 Å². The van der Waals surface area contributed by atoms with E-state index in [0.717, 1.165) is 13.1 Å². The van der Waals surface area contributed by atoms with Crippen molar-refractivity contribution in [3.63, 3.8) is 0 Å². The molecule has 0 saturated carbocycles. The van der Waals surface area contributed by atoms with Gasteiger partial charge in [-0.05, 0) is 25.9 Å². The molecule has 1 N–H and O–H groups in total. The van der Waals surface area contributed by atoms with Crippen LogP contribution in [-0.4, -0.2) is 36.3 Å². The lowest BCUT2D eigenvalue weighted by Crippen LogP contribution is -2.36. The van der Waals surface area contributed by atoms with Gasteiger partial charge in [-0.2, -0.15) is 0 Å². The molecule has 2 rings (SSSR count). The van der Waals surface area contributed by atoms with E-state index in [9.17, 15) is 8.42 Å². The lowest BCUT2D eigenvalue weighted by Gasteiger charge is -2.22. The molecule has 0 bridgehead atoms. The highest BCUT2D eigenvalue weighted by atomic mass is 35.5. The van der Waals surface area contributed by atoms with Gasteiger partial charge in [0.2, 0.25) is 15.0 Å². The van der Waals surface area contributed by atoms with E-state index in [-0.39, 0.29) is 22.8 Å². The SMILES string of the molecule is Cl.Cn1ccnc1S(=O)(=O)C1CCNCC1. The van der Waals surface area contributed by atoms with Crippen LogP contribution in [0.2, 0.25) is 0 Å². The average Bonchev–Trinajstić information content (AvgIpc) is 2.66. The van der Waals surface area contributed by atoms with E-state index in [4.69, 9.17) is 0 Å². The normalized spacial score (nSPS) is 18.1. The van der Waals surface area contributed by atoms with Crippen LogP contribution in [-0.2, 0) is 16.9 Å². The molecule has 1 aromatic heterocycles. The Morgan fingerprint density at radius 1 is 1.44 bits per heavy atom. The molecule has 1 fully saturated rings. The van der Waals surface area contributed by atoms with E-state index >= 15 is 0 Å². The van der Waals surface area contributed by atoms with Gasteiger partial charge in [-0.3, -0.25) is 0 Å². The molecular formula is C9H16ClN3O2S. The minimum Gasteiger partial charge on any atom is -0.325 e. The number of aryl methyl sites for hydroxylation is 1. The summed E-state index contributed by atoms with van der Waals surface area (Å²) < 4.78 is 25.9. The Morgan fingerprint density at radius 2 is 2.06 bits per heavy atom. The van der Waals surface area contributed by atoms with Crippen LogP contribution in [0.4, 0.5) is 0 Å². The lowest BCUT2D eigenvalue weighted by atomic mass is 10.2. The largest absolute Gasteiger partial charge is 0.325 e. The van der Waals surface area contributed by atoms with E-state index in [1.165, 1.54) is 6.20 Å². The zero-order valence-corrected chi connectivity index (χ0v) is 10.7. The van der Waals surface area contributed by atoms with Crippen molar-refractivity contribution in [2.24, 2.45) is 7.05 Å². The van der Waals surface area contributed by atoms with E-state index in [0.29, 0.717) is 12.8 Å². The molecule has 0 unspecified atom stereocenters. The molecule has 1 aliphatic rings. The number of hydrogen-bond acceptors (Lipinski definition) is 4. The molecule has 1 aliphatic heterocycles. The standard InChI is InChI=1S/C9H15N3O2S.ClH/c1-12-7-6-11-9(12)15(13,14)8-2-4-10-5-3-8;/h6-8,10H,2-5H2,1H3;1H. The Kier molecular flexibility index (Phi) is 4.35. The second-order valence-corrected chi connectivity index (χ2v) is 5.94. The van der Waals surface area contributed by atoms with Crippen LogP contribution in [0.1, 0.15) is 12.8 Å². The molecule has 0 radical (unpaired) electrons. The third-order valence-electron chi connectivity index (χ3n) is 2.76. The van der Waals surface area contributed by atoms with Crippen LogP contribution in [0.5, 0.6) is 0 Å².